The molecule has 80 valence electrons. The Balaban J connectivity index is 2.47. The normalized spacial score (nSPS) is 9.94. The third-order valence-electron chi connectivity index (χ3n) is 2.05. The maximum Gasteiger partial charge on any atom is 0.267 e. The molecule has 0 bridgehead atoms. The second-order valence-corrected chi connectivity index (χ2v) is 4.07. The van der Waals surface area contributed by atoms with Gasteiger partial charge in [-0.2, -0.15) is 5.10 Å². The van der Waals surface area contributed by atoms with Gasteiger partial charge in [-0.1, -0.05) is 12.0 Å². The van der Waals surface area contributed by atoms with Crippen molar-refractivity contribution in [2.75, 3.05) is 0 Å². The highest BCUT2D eigenvalue weighted by molar-refractivity contribution is 7.13. The maximum atomic E-state index is 11.2. The van der Waals surface area contributed by atoms with E-state index >= 15 is 0 Å². The van der Waals surface area contributed by atoms with Gasteiger partial charge in [0, 0.05) is 0 Å². The number of carbonyl (C=O) groups excluding carboxylic acids is 1. The third-order valence-corrected chi connectivity index (χ3v) is 2.94. The molecule has 4 nitrogen and oxygen atoms in total. The summed E-state index contributed by atoms with van der Waals surface area (Å²) in [5.74, 6) is 1.91. The van der Waals surface area contributed by atoms with Crippen LogP contribution in [0.25, 0.3) is 10.6 Å². The van der Waals surface area contributed by atoms with Gasteiger partial charge in [0.2, 0.25) is 0 Å². The monoisotopic (exact) mass is 231 g/mol. The van der Waals surface area contributed by atoms with Crippen LogP contribution in [0.3, 0.4) is 0 Å². The van der Waals surface area contributed by atoms with Gasteiger partial charge in [-0.3, -0.25) is 4.79 Å². The van der Waals surface area contributed by atoms with Gasteiger partial charge in [0.1, 0.15) is 17.9 Å². The van der Waals surface area contributed by atoms with Crippen LogP contribution in [-0.2, 0) is 6.54 Å². The van der Waals surface area contributed by atoms with Crippen molar-refractivity contribution >= 4 is 17.2 Å². The van der Waals surface area contributed by atoms with Crippen LogP contribution in [-0.4, -0.2) is 15.7 Å². The van der Waals surface area contributed by atoms with Crippen LogP contribution in [0, 0.1) is 12.3 Å². The standard InChI is InChI=1S/C11H9N3OS/c1-2-5-14-9(11(12)15)7-8(13-14)10-4-3-6-16-10/h1,3-4,6-7H,5H2,(H2,12,15). The molecule has 0 aliphatic heterocycles. The molecule has 2 N–H and O–H groups in total. The van der Waals surface area contributed by atoms with Crippen molar-refractivity contribution in [3.8, 4) is 22.9 Å². The Bertz CT molecular complexity index is 548. The Morgan fingerprint density at radius 1 is 1.69 bits per heavy atom. The number of primary amides is 1. The van der Waals surface area contributed by atoms with E-state index in [1.54, 1.807) is 17.4 Å². The zero-order valence-corrected chi connectivity index (χ0v) is 9.20. The van der Waals surface area contributed by atoms with Crippen molar-refractivity contribution in [1.82, 2.24) is 9.78 Å². The van der Waals surface area contributed by atoms with Gasteiger partial charge < -0.3 is 5.73 Å². The minimum absolute atomic E-state index is 0.240. The molecule has 5 heteroatoms. The number of nitrogens with two attached hydrogens (primary N) is 1. The number of hydrogen-bond acceptors (Lipinski definition) is 3. The topological polar surface area (TPSA) is 60.9 Å². The molecule has 0 saturated heterocycles. The molecule has 2 aromatic rings. The van der Waals surface area contributed by atoms with E-state index in [0.29, 0.717) is 5.69 Å². The van der Waals surface area contributed by atoms with E-state index in [0.717, 1.165) is 10.6 Å². The lowest BCUT2D eigenvalue weighted by Gasteiger charge is -1.97. The molecule has 0 unspecified atom stereocenters. The summed E-state index contributed by atoms with van der Waals surface area (Å²) >= 11 is 1.55. The van der Waals surface area contributed by atoms with Gasteiger partial charge in [-0.05, 0) is 17.5 Å². The summed E-state index contributed by atoms with van der Waals surface area (Å²) in [6.45, 7) is 0.240. The summed E-state index contributed by atoms with van der Waals surface area (Å²) in [4.78, 5) is 12.2. The highest BCUT2D eigenvalue weighted by atomic mass is 32.1. The number of aromatic nitrogens is 2. The van der Waals surface area contributed by atoms with E-state index in [2.05, 4.69) is 11.0 Å². The van der Waals surface area contributed by atoms with Crippen molar-refractivity contribution in [2.45, 2.75) is 6.54 Å². The molecule has 2 rings (SSSR count). The number of amides is 1. The summed E-state index contributed by atoms with van der Waals surface area (Å²) < 4.78 is 1.44. The van der Waals surface area contributed by atoms with Crippen molar-refractivity contribution in [2.24, 2.45) is 5.73 Å². The summed E-state index contributed by atoms with van der Waals surface area (Å²) in [5.41, 5.74) is 6.30. The predicted octanol–water partition coefficient (Wildman–Crippen LogP) is 1.34. The lowest BCUT2D eigenvalue weighted by molar-refractivity contribution is 0.0991. The van der Waals surface area contributed by atoms with Crippen molar-refractivity contribution < 1.29 is 4.79 Å². The largest absolute Gasteiger partial charge is 0.364 e. The van der Waals surface area contributed by atoms with Crippen LogP contribution >= 0.6 is 11.3 Å². The first-order valence-electron chi connectivity index (χ1n) is 4.57. The fourth-order valence-corrected chi connectivity index (χ4v) is 2.05. The van der Waals surface area contributed by atoms with E-state index in [9.17, 15) is 4.79 Å². The van der Waals surface area contributed by atoms with Crippen LogP contribution < -0.4 is 5.73 Å². The Morgan fingerprint density at radius 3 is 3.06 bits per heavy atom. The summed E-state index contributed by atoms with van der Waals surface area (Å²) in [7, 11) is 0. The summed E-state index contributed by atoms with van der Waals surface area (Å²) in [5, 5.41) is 6.19. The maximum absolute atomic E-state index is 11.2. The van der Waals surface area contributed by atoms with Crippen molar-refractivity contribution in [1.29, 1.82) is 0 Å². The lowest BCUT2D eigenvalue weighted by Crippen LogP contribution is -2.17. The number of thiophene rings is 1. The van der Waals surface area contributed by atoms with Gasteiger partial charge >= 0.3 is 0 Å². The lowest BCUT2D eigenvalue weighted by atomic mass is 10.3. The van der Waals surface area contributed by atoms with Gasteiger partial charge in [0.25, 0.3) is 5.91 Å². The number of hydrogen-bond donors (Lipinski definition) is 1. The van der Waals surface area contributed by atoms with Gasteiger partial charge in [0.15, 0.2) is 0 Å². The predicted molar refractivity (Wildman–Crippen MR) is 62.9 cm³/mol. The molecule has 0 radical (unpaired) electrons. The Kier molecular flexibility index (Phi) is 2.75. The highest BCUT2D eigenvalue weighted by Gasteiger charge is 2.13. The van der Waals surface area contributed by atoms with Gasteiger partial charge in [-0.15, -0.1) is 17.8 Å². The second kappa shape index (κ2) is 4.21. The molecule has 2 heterocycles. The minimum atomic E-state index is -0.523. The van der Waals surface area contributed by atoms with Crippen LogP contribution in [0.5, 0.6) is 0 Å². The Morgan fingerprint density at radius 2 is 2.50 bits per heavy atom. The number of carbonyl (C=O) groups is 1. The molecule has 0 aliphatic carbocycles. The van der Waals surface area contributed by atoms with E-state index in [1.807, 2.05) is 17.5 Å². The fraction of sp³-hybridized carbons (Fsp3) is 0.0909. The summed E-state index contributed by atoms with van der Waals surface area (Å²) in [6, 6.07) is 5.51. The highest BCUT2D eigenvalue weighted by Crippen LogP contribution is 2.23. The van der Waals surface area contributed by atoms with E-state index in [-0.39, 0.29) is 6.54 Å². The smallest absolute Gasteiger partial charge is 0.267 e. The Hall–Kier alpha value is -2.06. The molecular weight excluding hydrogens is 222 g/mol. The van der Waals surface area contributed by atoms with Gasteiger partial charge in [-0.25, -0.2) is 4.68 Å². The first kappa shape index (κ1) is 10.5. The quantitative estimate of drug-likeness (QED) is 0.810. The van der Waals surface area contributed by atoms with Gasteiger partial charge in [0.05, 0.1) is 4.88 Å². The van der Waals surface area contributed by atoms with E-state index in [4.69, 9.17) is 12.2 Å². The van der Waals surface area contributed by atoms with Crippen molar-refractivity contribution in [3.05, 3.63) is 29.3 Å². The Labute approximate surface area is 96.7 Å². The van der Waals surface area contributed by atoms with Crippen molar-refractivity contribution in [3.63, 3.8) is 0 Å². The van der Waals surface area contributed by atoms with Crippen LogP contribution in [0.4, 0.5) is 0 Å². The molecule has 0 aromatic carbocycles. The molecule has 2 aromatic heterocycles. The number of nitrogens with zero attached hydrogens (tertiary/aromatic N) is 2. The van der Waals surface area contributed by atoms with Crippen LogP contribution in [0.2, 0.25) is 0 Å². The third kappa shape index (κ3) is 1.83. The zero-order chi connectivity index (χ0) is 11.5. The molecule has 0 saturated carbocycles. The van der Waals surface area contributed by atoms with Crippen LogP contribution in [0.1, 0.15) is 10.5 Å². The average molecular weight is 231 g/mol. The fourth-order valence-electron chi connectivity index (χ4n) is 1.37. The second-order valence-electron chi connectivity index (χ2n) is 3.12. The first-order chi connectivity index (χ1) is 7.72. The number of terminal acetylenes is 1. The molecular formula is C11H9N3OS. The molecule has 1 amide bonds. The molecule has 0 atom stereocenters. The average Bonchev–Trinajstić information content (AvgIpc) is 2.83. The summed E-state index contributed by atoms with van der Waals surface area (Å²) in [6.07, 6.45) is 5.20. The molecule has 0 fully saturated rings. The SMILES string of the molecule is C#CCn1nc(-c2cccs2)cc1C(N)=O. The van der Waals surface area contributed by atoms with Crippen LogP contribution in [0.15, 0.2) is 23.6 Å². The van der Waals surface area contributed by atoms with E-state index < -0.39 is 5.91 Å². The molecule has 16 heavy (non-hydrogen) atoms. The first-order valence-corrected chi connectivity index (χ1v) is 5.45. The van der Waals surface area contributed by atoms with E-state index in [1.165, 1.54) is 4.68 Å². The number of rotatable bonds is 3. The zero-order valence-electron chi connectivity index (χ0n) is 8.38. The molecule has 0 spiro atoms. The minimum Gasteiger partial charge on any atom is -0.364 e. The molecule has 0 aliphatic rings.